The van der Waals surface area contributed by atoms with Crippen LogP contribution in [0.2, 0.25) is 0 Å². The van der Waals surface area contributed by atoms with Crippen molar-refractivity contribution >= 4 is 5.97 Å². The van der Waals surface area contributed by atoms with Crippen LogP contribution in [0.25, 0.3) is 34.0 Å². The number of carbonyl (C=O) groups excluding carboxylic acids is 1. The molecule has 3 aromatic rings. The largest absolute Gasteiger partial charge is 0.494 e. The lowest BCUT2D eigenvalue weighted by Crippen LogP contribution is -2.26. The zero-order chi connectivity index (χ0) is 37.8. The zero-order valence-electron chi connectivity index (χ0n) is 28.5. The van der Waals surface area contributed by atoms with Gasteiger partial charge in [-0.15, -0.1) is 0 Å². The Kier molecular flexibility index (Phi) is 13.7. The maximum Gasteiger partial charge on any atom is 0.417 e. The molecule has 17 heteroatoms. The number of aliphatic hydroxyl groups excluding tert-OH is 1. The van der Waals surface area contributed by atoms with Gasteiger partial charge in [0.1, 0.15) is 23.7 Å². The number of esters is 1. The van der Waals surface area contributed by atoms with Gasteiger partial charge < -0.3 is 28.8 Å². The van der Waals surface area contributed by atoms with Gasteiger partial charge in [-0.05, 0) is 42.8 Å². The Labute approximate surface area is 300 Å². The molecule has 0 spiro atoms. The van der Waals surface area contributed by atoms with Crippen molar-refractivity contribution in [3.63, 3.8) is 0 Å². The van der Waals surface area contributed by atoms with E-state index in [1.165, 1.54) is 59.7 Å². The maximum atomic E-state index is 14.5. The van der Waals surface area contributed by atoms with E-state index in [0.29, 0.717) is 19.6 Å². The zero-order valence-corrected chi connectivity index (χ0v) is 28.5. The second-order valence-corrected chi connectivity index (χ2v) is 11.3. The third-order valence-electron chi connectivity index (χ3n) is 7.56. The molecule has 0 radical (unpaired) electrons. The van der Waals surface area contributed by atoms with Crippen LogP contribution in [0.1, 0.15) is 30.5 Å². The predicted octanol–water partition coefficient (Wildman–Crippen LogP) is 5.77. The number of nitrogens with zero attached hydrogens (tertiary/aromatic N) is 5. The Hall–Kier alpha value is -5.10. The van der Waals surface area contributed by atoms with Gasteiger partial charge in [0.2, 0.25) is 0 Å². The summed E-state index contributed by atoms with van der Waals surface area (Å²) in [6.45, 7) is 3.16. The fraction of sp³-hybridized carbons (Fsp3) is 0.361. The standard InChI is InChI=1S/C36H36F5N5O7/c1-2-11-52-24-7-8-25(27(19-24)36(39,40)41)29-9-6-23(20-42-29)33(35(48)53-18-17-51-16-15-50-14-13-49-12-10-47)46-22-31-30(21-43-46)44-34(45-31)26-4-3-5-28(37)32(26)38/h3-9,19-22,33,47H,2,10-18H2,1H3. The first-order valence-corrected chi connectivity index (χ1v) is 16.6. The highest BCUT2D eigenvalue weighted by Gasteiger charge is 2.35. The second kappa shape index (κ2) is 18.6. The molecule has 1 unspecified atom stereocenters. The molecule has 2 aliphatic heterocycles. The summed E-state index contributed by atoms with van der Waals surface area (Å²) in [5.74, 6) is -3.05. The Bertz CT molecular complexity index is 1910. The van der Waals surface area contributed by atoms with E-state index in [-0.39, 0.29) is 91.6 Å². The normalized spacial score (nSPS) is 12.3. The molecule has 0 bridgehead atoms. The molecule has 1 aromatic heterocycles. The number of benzene rings is 2. The highest BCUT2D eigenvalue weighted by Crippen LogP contribution is 2.39. The van der Waals surface area contributed by atoms with Crippen LogP contribution >= 0.6 is 0 Å². The fourth-order valence-electron chi connectivity index (χ4n) is 5.08. The van der Waals surface area contributed by atoms with Crippen LogP contribution in [0.15, 0.2) is 67.1 Å². The molecule has 3 heterocycles. The van der Waals surface area contributed by atoms with E-state index in [4.69, 9.17) is 28.8 Å². The average Bonchev–Trinajstić information content (AvgIpc) is 3.57. The Balaban J connectivity index is 1.38. The van der Waals surface area contributed by atoms with E-state index in [0.717, 1.165) is 12.1 Å². The van der Waals surface area contributed by atoms with Gasteiger partial charge >= 0.3 is 12.1 Å². The quantitative estimate of drug-likeness (QED) is 0.0627. The summed E-state index contributed by atoms with van der Waals surface area (Å²) < 4.78 is 98.8. The summed E-state index contributed by atoms with van der Waals surface area (Å²) in [5.41, 5.74) is -0.698. The van der Waals surface area contributed by atoms with Crippen molar-refractivity contribution in [2.24, 2.45) is 0 Å². The third kappa shape index (κ3) is 10.3. The summed E-state index contributed by atoms with van der Waals surface area (Å²) in [6.07, 6.45) is -0.214. The van der Waals surface area contributed by atoms with Crippen molar-refractivity contribution in [2.45, 2.75) is 25.6 Å². The van der Waals surface area contributed by atoms with Crippen LogP contribution in [-0.4, -0.2) is 95.3 Å². The number of imidazole rings is 1. The molecule has 0 saturated carbocycles. The maximum absolute atomic E-state index is 14.5. The van der Waals surface area contributed by atoms with Crippen molar-refractivity contribution in [2.75, 3.05) is 59.5 Å². The first-order valence-electron chi connectivity index (χ1n) is 16.6. The molecule has 2 aliphatic rings. The number of rotatable bonds is 19. The summed E-state index contributed by atoms with van der Waals surface area (Å²) in [6, 6.07) is 8.68. The lowest BCUT2D eigenvalue weighted by atomic mass is 10.0. The minimum atomic E-state index is -4.71. The molecule has 0 amide bonds. The topological polar surface area (TPSA) is 140 Å². The van der Waals surface area contributed by atoms with Crippen LogP contribution < -0.4 is 4.74 Å². The summed E-state index contributed by atoms with van der Waals surface area (Å²) in [4.78, 5) is 26.4. The molecule has 5 rings (SSSR count). The van der Waals surface area contributed by atoms with Crippen LogP contribution in [0.4, 0.5) is 22.0 Å². The van der Waals surface area contributed by atoms with Crippen molar-refractivity contribution in [3.05, 3.63) is 89.9 Å². The number of alkyl halides is 3. The van der Waals surface area contributed by atoms with Gasteiger partial charge in [0, 0.05) is 17.3 Å². The van der Waals surface area contributed by atoms with E-state index in [9.17, 15) is 26.7 Å². The van der Waals surface area contributed by atoms with Gasteiger partial charge in [-0.2, -0.15) is 18.3 Å². The third-order valence-corrected chi connectivity index (χ3v) is 7.56. The second-order valence-electron chi connectivity index (χ2n) is 11.3. The van der Waals surface area contributed by atoms with E-state index in [1.807, 2.05) is 6.92 Å². The fourth-order valence-corrected chi connectivity index (χ4v) is 5.08. The summed E-state index contributed by atoms with van der Waals surface area (Å²) in [7, 11) is 0. The van der Waals surface area contributed by atoms with Gasteiger partial charge in [-0.1, -0.05) is 19.1 Å². The van der Waals surface area contributed by atoms with E-state index in [1.54, 1.807) is 0 Å². The van der Waals surface area contributed by atoms with E-state index >= 15 is 0 Å². The molecule has 0 aliphatic carbocycles. The molecule has 2 aromatic carbocycles. The van der Waals surface area contributed by atoms with Crippen LogP contribution in [0.3, 0.4) is 0 Å². The van der Waals surface area contributed by atoms with Gasteiger partial charge in [0.25, 0.3) is 0 Å². The smallest absolute Gasteiger partial charge is 0.417 e. The monoisotopic (exact) mass is 745 g/mol. The van der Waals surface area contributed by atoms with E-state index < -0.39 is 35.4 Å². The van der Waals surface area contributed by atoms with Gasteiger partial charge in [0.15, 0.2) is 23.5 Å². The van der Waals surface area contributed by atoms with Gasteiger partial charge in [0.05, 0.1) is 82.1 Å². The molecule has 0 fully saturated rings. The SMILES string of the molecule is CCCOc1ccc(-c2ccc(C(C(=O)OCCOCCOCCOCCO)n3cc4nc(-c5cccc(F)c5F)nc-4cn3)cn2)c(C(F)(F)F)c1. The predicted molar refractivity (Wildman–Crippen MR) is 179 cm³/mol. The summed E-state index contributed by atoms with van der Waals surface area (Å²) in [5, 5.41) is 13.0. The number of aromatic nitrogens is 5. The lowest BCUT2D eigenvalue weighted by Gasteiger charge is -2.20. The molecular weight excluding hydrogens is 709 g/mol. The highest BCUT2D eigenvalue weighted by atomic mass is 19.4. The molecular formula is C36H36F5N5O7. The van der Waals surface area contributed by atoms with Crippen LogP contribution in [-0.2, 0) is 29.9 Å². The minimum absolute atomic E-state index is 0.0112. The van der Waals surface area contributed by atoms with Gasteiger partial charge in [-0.25, -0.2) is 23.5 Å². The Morgan fingerprint density at radius 1 is 0.830 bits per heavy atom. The van der Waals surface area contributed by atoms with Crippen LogP contribution in [0, 0.1) is 11.6 Å². The summed E-state index contributed by atoms with van der Waals surface area (Å²) >= 11 is 0. The van der Waals surface area contributed by atoms with Crippen molar-refractivity contribution in [3.8, 4) is 39.8 Å². The number of carbonyl (C=O) groups is 1. The number of pyridine rings is 1. The van der Waals surface area contributed by atoms with Crippen molar-refractivity contribution in [1.29, 1.82) is 0 Å². The number of fused-ring (bicyclic) bond motifs is 1. The highest BCUT2D eigenvalue weighted by molar-refractivity contribution is 5.78. The molecule has 1 N–H and O–H groups in total. The van der Waals surface area contributed by atoms with Crippen molar-refractivity contribution < 1.29 is 55.5 Å². The average molecular weight is 746 g/mol. The number of aliphatic hydroxyl groups is 1. The Morgan fingerprint density at radius 3 is 2.23 bits per heavy atom. The lowest BCUT2D eigenvalue weighted by molar-refractivity contribution is -0.148. The first kappa shape index (κ1) is 39.1. The Morgan fingerprint density at radius 2 is 1.55 bits per heavy atom. The number of halogens is 5. The van der Waals surface area contributed by atoms with Crippen LogP contribution in [0.5, 0.6) is 5.75 Å². The molecule has 12 nitrogen and oxygen atoms in total. The molecule has 0 saturated heterocycles. The molecule has 282 valence electrons. The minimum Gasteiger partial charge on any atom is -0.494 e. The number of ether oxygens (including phenoxy) is 5. The number of hydrogen-bond donors (Lipinski definition) is 1. The van der Waals surface area contributed by atoms with Gasteiger partial charge in [-0.3, -0.25) is 9.67 Å². The van der Waals surface area contributed by atoms with Crippen molar-refractivity contribution in [1.82, 2.24) is 24.7 Å². The first-order chi connectivity index (χ1) is 25.6. The number of hydrogen-bond acceptors (Lipinski definition) is 11. The molecule has 1 atom stereocenters. The van der Waals surface area contributed by atoms with E-state index in [2.05, 4.69) is 20.1 Å². The molecule has 53 heavy (non-hydrogen) atoms.